The quantitative estimate of drug-likeness (QED) is 0.334. The molecule has 7 atom stereocenters. The normalized spacial score (nSPS) is 32.8. The SMILES string of the molecule is C[C@H]1OC(OC2Cc3c(O)cc(O)cc3OC2c2ccc(O)c(O)c2)[C@@H](O)[C@@H](O)[C@@H]1O. The van der Waals surface area contributed by atoms with Gasteiger partial charge in [0.15, 0.2) is 23.9 Å². The molecule has 2 heterocycles. The van der Waals surface area contributed by atoms with Gasteiger partial charge in [0.2, 0.25) is 0 Å². The van der Waals surface area contributed by atoms with Crippen molar-refractivity contribution in [2.45, 2.75) is 56.3 Å². The van der Waals surface area contributed by atoms with Gasteiger partial charge in [0.1, 0.15) is 41.7 Å². The van der Waals surface area contributed by atoms with Crippen LogP contribution in [0.1, 0.15) is 24.2 Å². The van der Waals surface area contributed by atoms with Crippen LogP contribution in [0, 0.1) is 0 Å². The van der Waals surface area contributed by atoms with E-state index in [0.717, 1.165) is 6.07 Å². The van der Waals surface area contributed by atoms with Gasteiger partial charge in [-0.3, -0.25) is 0 Å². The zero-order valence-corrected chi connectivity index (χ0v) is 16.5. The van der Waals surface area contributed by atoms with E-state index in [9.17, 15) is 35.7 Å². The molecule has 2 aromatic carbocycles. The molecule has 0 aromatic heterocycles. The Kier molecular flexibility index (Phi) is 5.58. The molecule has 0 radical (unpaired) electrons. The van der Waals surface area contributed by atoms with Crippen LogP contribution in [-0.4, -0.2) is 72.6 Å². The van der Waals surface area contributed by atoms with Crippen LogP contribution >= 0.6 is 0 Å². The summed E-state index contributed by atoms with van der Waals surface area (Å²) < 4.78 is 17.4. The van der Waals surface area contributed by atoms with E-state index >= 15 is 0 Å². The maximum atomic E-state index is 10.3. The van der Waals surface area contributed by atoms with Crippen LogP contribution in [0.2, 0.25) is 0 Å². The highest BCUT2D eigenvalue weighted by molar-refractivity contribution is 5.52. The van der Waals surface area contributed by atoms with Crippen LogP contribution < -0.4 is 4.74 Å². The second kappa shape index (κ2) is 8.06. The van der Waals surface area contributed by atoms with Gasteiger partial charge < -0.3 is 50.0 Å². The Bertz CT molecular complexity index is 963. The molecule has 0 amide bonds. The van der Waals surface area contributed by atoms with Gasteiger partial charge in [0, 0.05) is 24.1 Å². The largest absolute Gasteiger partial charge is 0.508 e. The molecule has 1 saturated heterocycles. The summed E-state index contributed by atoms with van der Waals surface area (Å²) in [5, 5.41) is 69.9. The molecule has 10 nitrogen and oxygen atoms in total. The summed E-state index contributed by atoms with van der Waals surface area (Å²) in [5.41, 5.74) is 0.758. The molecule has 31 heavy (non-hydrogen) atoms. The molecule has 0 aliphatic carbocycles. The molecule has 2 aliphatic heterocycles. The number of phenols is 4. The number of fused-ring (bicyclic) bond motifs is 1. The lowest BCUT2D eigenvalue weighted by Crippen LogP contribution is -2.58. The average Bonchev–Trinajstić information content (AvgIpc) is 2.72. The second-order valence-corrected chi connectivity index (χ2v) is 7.79. The number of benzene rings is 2. The van der Waals surface area contributed by atoms with Crippen molar-refractivity contribution in [1.82, 2.24) is 0 Å². The van der Waals surface area contributed by atoms with Crippen LogP contribution in [0.4, 0.5) is 0 Å². The molecular weight excluding hydrogens is 412 g/mol. The summed E-state index contributed by atoms with van der Waals surface area (Å²) in [5.74, 6) is -0.941. The molecule has 0 spiro atoms. The van der Waals surface area contributed by atoms with E-state index in [1.165, 1.54) is 31.2 Å². The summed E-state index contributed by atoms with van der Waals surface area (Å²) >= 11 is 0. The van der Waals surface area contributed by atoms with Crippen molar-refractivity contribution in [3.8, 4) is 28.7 Å². The Hall–Kier alpha value is -2.76. The molecule has 7 N–H and O–H groups in total. The van der Waals surface area contributed by atoms with E-state index in [0.29, 0.717) is 11.1 Å². The third-order valence-electron chi connectivity index (χ3n) is 5.61. The minimum absolute atomic E-state index is 0.0767. The first-order valence-electron chi connectivity index (χ1n) is 9.74. The van der Waals surface area contributed by atoms with E-state index in [1.807, 2.05) is 0 Å². The third kappa shape index (κ3) is 3.95. The molecule has 0 bridgehead atoms. The monoisotopic (exact) mass is 436 g/mol. The van der Waals surface area contributed by atoms with Crippen molar-refractivity contribution in [3.63, 3.8) is 0 Å². The lowest BCUT2D eigenvalue weighted by Gasteiger charge is -2.42. The number of ether oxygens (including phenoxy) is 3. The lowest BCUT2D eigenvalue weighted by atomic mass is 9.93. The fourth-order valence-corrected chi connectivity index (χ4v) is 3.87. The van der Waals surface area contributed by atoms with Crippen LogP contribution in [0.3, 0.4) is 0 Å². The minimum Gasteiger partial charge on any atom is -0.508 e. The van der Waals surface area contributed by atoms with Gasteiger partial charge in [-0.05, 0) is 24.6 Å². The number of phenolic OH excluding ortho intramolecular Hbond substituents is 4. The predicted octanol–water partition coefficient (Wildman–Crippen LogP) is 0.398. The topological polar surface area (TPSA) is 169 Å². The molecule has 1 fully saturated rings. The summed E-state index contributed by atoms with van der Waals surface area (Å²) in [4.78, 5) is 0. The Morgan fingerprint density at radius 2 is 1.61 bits per heavy atom. The Balaban J connectivity index is 1.69. The number of hydrogen-bond acceptors (Lipinski definition) is 10. The van der Waals surface area contributed by atoms with E-state index in [1.54, 1.807) is 0 Å². The fraction of sp³-hybridized carbons (Fsp3) is 0.429. The van der Waals surface area contributed by atoms with E-state index in [-0.39, 0.29) is 35.2 Å². The first-order chi connectivity index (χ1) is 14.7. The van der Waals surface area contributed by atoms with Gasteiger partial charge in [0.25, 0.3) is 0 Å². The van der Waals surface area contributed by atoms with Crippen molar-refractivity contribution >= 4 is 0 Å². The van der Waals surface area contributed by atoms with Crippen molar-refractivity contribution in [2.75, 3.05) is 0 Å². The van der Waals surface area contributed by atoms with Crippen LogP contribution in [0.25, 0.3) is 0 Å². The van der Waals surface area contributed by atoms with Gasteiger partial charge in [0.05, 0.1) is 6.10 Å². The highest BCUT2D eigenvalue weighted by Gasteiger charge is 2.45. The maximum absolute atomic E-state index is 10.3. The van der Waals surface area contributed by atoms with Crippen LogP contribution in [0.5, 0.6) is 28.7 Å². The number of rotatable bonds is 3. The average molecular weight is 436 g/mol. The standard InChI is InChI=1S/C21H24O10/c1-8-17(26)18(27)19(28)21(29-8)31-16-7-11-13(24)5-10(22)6-15(11)30-20(16)9-2-3-12(23)14(25)4-9/h2-6,8,16-28H,7H2,1H3/t8-,16?,17-,18+,19+,20?,21?/m1/s1. The van der Waals surface area contributed by atoms with Crippen molar-refractivity contribution < 1.29 is 50.0 Å². The zero-order valence-electron chi connectivity index (χ0n) is 16.5. The second-order valence-electron chi connectivity index (χ2n) is 7.79. The number of hydrogen-bond donors (Lipinski definition) is 7. The summed E-state index contributed by atoms with van der Waals surface area (Å²) in [6, 6.07) is 6.54. The van der Waals surface area contributed by atoms with Gasteiger partial charge >= 0.3 is 0 Å². The highest BCUT2D eigenvalue weighted by Crippen LogP contribution is 2.44. The lowest BCUT2D eigenvalue weighted by molar-refractivity contribution is -0.310. The molecule has 4 rings (SSSR count). The van der Waals surface area contributed by atoms with Gasteiger partial charge in [-0.1, -0.05) is 6.07 Å². The molecule has 168 valence electrons. The number of aliphatic hydroxyl groups is 3. The molecule has 2 aliphatic rings. The number of aliphatic hydroxyl groups excluding tert-OH is 3. The van der Waals surface area contributed by atoms with Crippen molar-refractivity contribution in [1.29, 1.82) is 0 Å². The molecule has 10 heteroatoms. The number of aromatic hydroxyl groups is 4. The molecular formula is C21H24O10. The zero-order chi connectivity index (χ0) is 22.4. The first-order valence-corrected chi connectivity index (χ1v) is 9.74. The fourth-order valence-electron chi connectivity index (χ4n) is 3.87. The smallest absolute Gasteiger partial charge is 0.187 e. The highest BCUT2D eigenvalue weighted by atomic mass is 16.7. The Labute approximate surface area is 177 Å². The maximum Gasteiger partial charge on any atom is 0.187 e. The van der Waals surface area contributed by atoms with E-state index in [4.69, 9.17) is 14.2 Å². The van der Waals surface area contributed by atoms with Gasteiger partial charge in [-0.15, -0.1) is 0 Å². The predicted molar refractivity (Wildman–Crippen MR) is 104 cm³/mol. The summed E-state index contributed by atoms with van der Waals surface area (Å²) in [7, 11) is 0. The van der Waals surface area contributed by atoms with Gasteiger partial charge in [-0.2, -0.15) is 0 Å². The van der Waals surface area contributed by atoms with Crippen molar-refractivity contribution in [3.05, 3.63) is 41.5 Å². The molecule has 3 unspecified atom stereocenters. The van der Waals surface area contributed by atoms with Crippen molar-refractivity contribution in [2.24, 2.45) is 0 Å². The van der Waals surface area contributed by atoms with E-state index in [2.05, 4.69) is 0 Å². The van der Waals surface area contributed by atoms with E-state index < -0.39 is 42.9 Å². The van der Waals surface area contributed by atoms with Crippen LogP contribution in [-0.2, 0) is 15.9 Å². The first kappa shape index (κ1) is 21.5. The van der Waals surface area contributed by atoms with Crippen LogP contribution in [0.15, 0.2) is 30.3 Å². The van der Waals surface area contributed by atoms with Gasteiger partial charge in [-0.25, -0.2) is 0 Å². The minimum atomic E-state index is -1.55. The summed E-state index contributed by atoms with van der Waals surface area (Å²) in [6.45, 7) is 1.52. The third-order valence-corrected chi connectivity index (χ3v) is 5.61. The Morgan fingerprint density at radius 1 is 0.871 bits per heavy atom. The molecule has 0 saturated carbocycles. The summed E-state index contributed by atoms with van der Waals surface area (Å²) in [6.07, 6.45) is -8.15. The Morgan fingerprint density at radius 3 is 2.32 bits per heavy atom. The molecule has 2 aromatic rings.